The summed E-state index contributed by atoms with van der Waals surface area (Å²) in [6, 6.07) is 6.98. The fourth-order valence-electron chi connectivity index (χ4n) is 2.21. The fourth-order valence-corrected chi connectivity index (χ4v) is 3.58. The van der Waals surface area contributed by atoms with Gasteiger partial charge in [0.1, 0.15) is 17.3 Å². The summed E-state index contributed by atoms with van der Waals surface area (Å²) in [5.74, 6) is 0.885. The van der Waals surface area contributed by atoms with Gasteiger partial charge in [-0.1, -0.05) is 0 Å². The van der Waals surface area contributed by atoms with E-state index in [4.69, 9.17) is 4.74 Å². The van der Waals surface area contributed by atoms with Crippen molar-refractivity contribution in [2.24, 2.45) is 0 Å². The van der Waals surface area contributed by atoms with Gasteiger partial charge in [0.2, 0.25) is 16.8 Å². The van der Waals surface area contributed by atoms with E-state index < -0.39 is 5.56 Å². The van der Waals surface area contributed by atoms with E-state index in [1.165, 1.54) is 27.6 Å². The molecule has 3 rings (SSSR count). The number of thioether (sulfide) groups is 1. The Labute approximate surface area is 168 Å². The van der Waals surface area contributed by atoms with Crippen LogP contribution in [0, 0.1) is 6.92 Å². The van der Waals surface area contributed by atoms with Crippen molar-refractivity contribution in [1.29, 1.82) is 0 Å². The van der Waals surface area contributed by atoms with Crippen LogP contribution in [0.1, 0.15) is 5.69 Å². The number of methoxy groups -OCH3 is 1. The number of hydrogen-bond donors (Lipinski definition) is 2. The maximum atomic E-state index is 12.1. The van der Waals surface area contributed by atoms with Gasteiger partial charge >= 0.3 is 0 Å². The molecule has 0 unspecified atom stereocenters. The lowest BCUT2D eigenvalue weighted by atomic mass is 10.3. The minimum atomic E-state index is -0.391. The third kappa shape index (κ3) is 4.87. The van der Waals surface area contributed by atoms with E-state index in [9.17, 15) is 14.4 Å². The summed E-state index contributed by atoms with van der Waals surface area (Å²) >= 11 is 2.39. The van der Waals surface area contributed by atoms with Crippen molar-refractivity contribution in [3.8, 4) is 5.75 Å². The Morgan fingerprint density at radius 3 is 2.54 bits per heavy atom. The molecule has 28 heavy (non-hydrogen) atoms. The zero-order valence-corrected chi connectivity index (χ0v) is 16.7. The zero-order chi connectivity index (χ0) is 20.1. The quantitative estimate of drug-likeness (QED) is 0.600. The van der Waals surface area contributed by atoms with Gasteiger partial charge in [-0.05, 0) is 31.2 Å². The summed E-state index contributed by atoms with van der Waals surface area (Å²) in [5.41, 5.74) is 0.512. The summed E-state index contributed by atoms with van der Waals surface area (Å²) in [6.07, 6.45) is 0. The molecule has 3 aromatic rings. The molecule has 0 fully saturated rings. The summed E-state index contributed by atoms with van der Waals surface area (Å²) in [6.45, 7) is 1.56. The van der Waals surface area contributed by atoms with Crippen LogP contribution in [0.3, 0.4) is 0 Å². The van der Waals surface area contributed by atoms with Crippen LogP contribution < -0.4 is 20.9 Å². The van der Waals surface area contributed by atoms with E-state index >= 15 is 0 Å². The van der Waals surface area contributed by atoms with Crippen LogP contribution in [0.25, 0.3) is 4.96 Å². The van der Waals surface area contributed by atoms with E-state index in [2.05, 4.69) is 20.7 Å². The number of rotatable bonds is 7. The first-order valence-corrected chi connectivity index (χ1v) is 10.2. The molecule has 0 saturated carbocycles. The standard InChI is InChI=1S/C17H17N5O4S2/c1-10-16(25)20-17-22(21-10)13(7-28-17)19-15(24)9-27-8-14(23)18-11-3-5-12(26-2)6-4-11/h3-7H,8-9H2,1-2H3,(H,18,23)(H,19,24). The maximum absolute atomic E-state index is 12.1. The normalized spacial score (nSPS) is 10.6. The van der Waals surface area contributed by atoms with Gasteiger partial charge in [0.15, 0.2) is 0 Å². The molecular formula is C17H17N5O4S2. The Kier molecular flexibility index (Phi) is 6.26. The molecule has 2 aromatic heterocycles. The van der Waals surface area contributed by atoms with Gasteiger partial charge in [-0.2, -0.15) is 14.6 Å². The molecule has 0 atom stereocenters. The number of anilines is 2. The molecule has 0 aliphatic rings. The summed E-state index contributed by atoms with van der Waals surface area (Å²) in [7, 11) is 1.57. The van der Waals surface area contributed by atoms with Crippen molar-refractivity contribution >= 4 is 51.4 Å². The van der Waals surface area contributed by atoms with Gasteiger partial charge < -0.3 is 15.4 Å². The van der Waals surface area contributed by atoms with E-state index in [0.717, 1.165) is 0 Å². The smallest absolute Gasteiger partial charge is 0.295 e. The minimum Gasteiger partial charge on any atom is -0.497 e. The SMILES string of the molecule is COc1ccc(NC(=O)CSCC(=O)Nc2csc3nc(=O)c(C)nn23)cc1. The summed E-state index contributed by atoms with van der Waals surface area (Å²) in [4.78, 5) is 39.9. The number of aryl methyl sites for hydroxylation is 1. The molecule has 0 spiro atoms. The van der Waals surface area contributed by atoms with Gasteiger partial charge in [0.05, 0.1) is 18.6 Å². The largest absolute Gasteiger partial charge is 0.497 e. The van der Waals surface area contributed by atoms with Gasteiger partial charge in [-0.3, -0.25) is 14.4 Å². The highest BCUT2D eigenvalue weighted by Gasteiger charge is 2.12. The number of carbonyl (C=O) groups excluding carboxylic acids is 2. The lowest BCUT2D eigenvalue weighted by Gasteiger charge is -2.07. The first kappa shape index (κ1) is 19.8. The van der Waals surface area contributed by atoms with Crippen LogP contribution in [-0.4, -0.2) is 45.0 Å². The fraction of sp³-hybridized carbons (Fsp3) is 0.235. The third-order valence-corrected chi connectivity index (χ3v) is 5.30. The lowest BCUT2D eigenvalue weighted by Crippen LogP contribution is -2.20. The molecule has 0 aliphatic carbocycles. The Balaban J connectivity index is 1.48. The van der Waals surface area contributed by atoms with Crippen LogP contribution >= 0.6 is 23.1 Å². The molecule has 2 amide bonds. The first-order valence-electron chi connectivity index (χ1n) is 8.13. The van der Waals surface area contributed by atoms with Gasteiger partial charge in [0, 0.05) is 11.1 Å². The minimum absolute atomic E-state index is 0.0972. The first-order chi connectivity index (χ1) is 13.5. The van der Waals surface area contributed by atoms with Crippen molar-refractivity contribution in [3.05, 3.63) is 45.7 Å². The molecular weight excluding hydrogens is 402 g/mol. The molecule has 11 heteroatoms. The van der Waals surface area contributed by atoms with Crippen LogP contribution in [0.4, 0.5) is 11.5 Å². The Morgan fingerprint density at radius 2 is 1.86 bits per heavy atom. The highest BCUT2D eigenvalue weighted by molar-refractivity contribution is 8.00. The Morgan fingerprint density at radius 1 is 1.18 bits per heavy atom. The number of thiazole rings is 1. The number of benzene rings is 1. The zero-order valence-electron chi connectivity index (χ0n) is 15.1. The number of nitrogens with one attached hydrogen (secondary N) is 2. The Bertz CT molecular complexity index is 1060. The molecule has 0 bridgehead atoms. The van der Waals surface area contributed by atoms with Gasteiger partial charge in [0.25, 0.3) is 5.56 Å². The van der Waals surface area contributed by atoms with E-state index in [0.29, 0.717) is 22.2 Å². The number of hydrogen-bond acceptors (Lipinski definition) is 8. The highest BCUT2D eigenvalue weighted by atomic mass is 32.2. The van der Waals surface area contributed by atoms with E-state index in [-0.39, 0.29) is 29.0 Å². The van der Waals surface area contributed by atoms with Gasteiger partial charge in [-0.25, -0.2) is 0 Å². The number of ether oxygens (including phenoxy) is 1. The second-order valence-electron chi connectivity index (χ2n) is 5.64. The van der Waals surface area contributed by atoms with Crippen molar-refractivity contribution in [2.45, 2.75) is 6.92 Å². The summed E-state index contributed by atoms with van der Waals surface area (Å²) < 4.78 is 6.48. The summed E-state index contributed by atoms with van der Waals surface area (Å²) in [5, 5.41) is 11.2. The molecule has 0 radical (unpaired) electrons. The number of carbonyl (C=O) groups is 2. The number of amides is 2. The van der Waals surface area contributed by atoms with E-state index in [1.807, 2.05) is 0 Å². The third-order valence-electron chi connectivity index (χ3n) is 3.55. The lowest BCUT2D eigenvalue weighted by molar-refractivity contribution is -0.114. The van der Waals surface area contributed by atoms with Crippen molar-refractivity contribution in [3.63, 3.8) is 0 Å². The number of nitrogens with zero attached hydrogens (tertiary/aromatic N) is 3. The predicted molar refractivity (Wildman–Crippen MR) is 109 cm³/mol. The van der Waals surface area contributed by atoms with Crippen LogP contribution in [0.5, 0.6) is 5.75 Å². The average molecular weight is 419 g/mol. The number of aromatic nitrogens is 3. The second kappa shape index (κ2) is 8.85. The van der Waals surface area contributed by atoms with Crippen molar-refractivity contribution < 1.29 is 14.3 Å². The Hall–Kier alpha value is -2.92. The van der Waals surface area contributed by atoms with Crippen molar-refractivity contribution in [2.75, 3.05) is 29.2 Å². The molecule has 9 nitrogen and oxygen atoms in total. The molecule has 146 valence electrons. The second-order valence-corrected chi connectivity index (χ2v) is 7.46. The van der Waals surface area contributed by atoms with Crippen LogP contribution in [0.2, 0.25) is 0 Å². The highest BCUT2D eigenvalue weighted by Crippen LogP contribution is 2.17. The molecule has 0 saturated heterocycles. The molecule has 0 aliphatic heterocycles. The van der Waals surface area contributed by atoms with E-state index in [1.54, 1.807) is 43.7 Å². The van der Waals surface area contributed by atoms with Gasteiger partial charge in [-0.15, -0.1) is 23.1 Å². The molecule has 1 aromatic carbocycles. The van der Waals surface area contributed by atoms with Crippen LogP contribution in [-0.2, 0) is 9.59 Å². The molecule has 2 heterocycles. The van der Waals surface area contributed by atoms with Crippen molar-refractivity contribution in [1.82, 2.24) is 14.6 Å². The monoisotopic (exact) mass is 419 g/mol. The van der Waals surface area contributed by atoms with Crippen LogP contribution in [0.15, 0.2) is 34.4 Å². The predicted octanol–water partition coefficient (Wildman–Crippen LogP) is 1.78. The average Bonchev–Trinajstić information content (AvgIpc) is 3.04. The molecule has 2 N–H and O–H groups in total. The topological polar surface area (TPSA) is 115 Å². The maximum Gasteiger partial charge on any atom is 0.295 e. The number of fused-ring (bicyclic) bond motifs is 1.